The molecule has 5 heteroatoms. The Morgan fingerprint density at radius 2 is 1.88 bits per heavy atom. The van der Waals surface area contributed by atoms with Gasteiger partial charge in [0.25, 0.3) is 0 Å². The minimum Gasteiger partial charge on any atom is -0.368 e. The number of hydroxylamine groups is 1. The van der Waals surface area contributed by atoms with Crippen LogP contribution in [0.25, 0.3) is 0 Å². The summed E-state index contributed by atoms with van der Waals surface area (Å²) in [5.74, 6) is -0.480. The van der Waals surface area contributed by atoms with E-state index in [0.29, 0.717) is 6.54 Å². The van der Waals surface area contributed by atoms with Crippen molar-refractivity contribution in [2.75, 3.05) is 6.61 Å². The van der Waals surface area contributed by atoms with Crippen LogP contribution < -0.4 is 16.4 Å². The molecule has 0 unspecified atom stereocenters. The Morgan fingerprint density at radius 1 is 1.29 bits per heavy atom. The van der Waals surface area contributed by atoms with Crippen LogP contribution in [0.3, 0.4) is 0 Å². The van der Waals surface area contributed by atoms with Gasteiger partial charge < -0.3 is 5.73 Å². The van der Waals surface area contributed by atoms with Gasteiger partial charge in [-0.3, -0.25) is 9.63 Å². The molecule has 0 aliphatic heterocycles. The van der Waals surface area contributed by atoms with Crippen molar-refractivity contribution in [1.82, 2.24) is 5.48 Å². The molecule has 0 fully saturated rings. The van der Waals surface area contributed by atoms with Gasteiger partial charge in [-0.1, -0.05) is 49.1 Å². The minimum atomic E-state index is -1.22. The number of carbonyl (C=O) groups is 1. The summed E-state index contributed by atoms with van der Waals surface area (Å²) >= 11 is 0. The molecule has 0 aliphatic rings. The van der Waals surface area contributed by atoms with Gasteiger partial charge in [-0.25, -0.2) is 0 Å². The fourth-order valence-electron chi connectivity index (χ4n) is 1.38. The summed E-state index contributed by atoms with van der Waals surface area (Å²) in [6.07, 6.45) is 0. The smallest absolute Gasteiger partial charge is 0.245 e. The Hall–Kier alpha value is -1.17. The minimum absolute atomic E-state index is 0.104. The zero-order chi connectivity index (χ0) is 12.9. The highest BCUT2D eigenvalue weighted by atomic mass is 28.3. The lowest BCUT2D eigenvalue weighted by molar-refractivity contribution is -0.125. The average molecular weight is 252 g/mol. The van der Waals surface area contributed by atoms with Crippen LogP contribution in [0.15, 0.2) is 24.3 Å². The highest BCUT2D eigenvalue weighted by Gasteiger charge is 2.15. The quantitative estimate of drug-likeness (QED) is 0.446. The molecule has 0 aromatic heterocycles. The van der Waals surface area contributed by atoms with Gasteiger partial charge in [0.2, 0.25) is 5.91 Å². The van der Waals surface area contributed by atoms with Crippen LogP contribution in [0.4, 0.5) is 0 Å². The second-order valence-corrected chi connectivity index (χ2v) is 10.1. The molecule has 1 rings (SSSR count). The predicted octanol–water partition coefficient (Wildman–Crippen LogP) is 0.738. The molecule has 0 saturated carbocycles. The molecule has 1 aromatic carbocycles. The summed E-state index contributed by atoms with van der Waals surface area (Å²) in [6.45, 7) is 7.41. The molecule has 1 aromatic rings. The number of benzene rings is 1. The molecule has 0 atom stereocenters. The van der Waals surface area contributed by atoms with Crippen molar-refractivity contribution in [2.24, 2.45) is 5.73 Å². The van der Waals surface area contributed by atoms with Gasteiger partial charge in [-0.15, -0.1) is 0 Å². The van der Waals surface area contributed by atoms with E-state index in [4.69, 9.17) is 10.6 Å². The van der Waals surface area contributed by atoms with Gasteiger partial charge in [0.15, 0.2) is 0 Å². The number of nitrogens with two attached hydrogens (primary N) is 1. The highest BCUT2D eigenvalue weighted by molar-refractivity contribution is 6.88. The van der Waals surface area contributed by atoms with E-state index in [2.05, 4.69) is 49.4 Å². The lowest BCUT2D eigenvalue weighted by atomic mass is 10.2. The van der Waals surface area contributed by atoms with Gasteiger partial charge in [-0.05, 0) is 5.56 Å². The molecule has 0 saturated heterocycles. The third-order valence-electron chi connectivity index (χ3n) is 2.41. The highest BCUT2D eigenvalue weighted by Crippen LogP contribution is 2.04. The summed E-state index contributed by atoms with van der Waals surface area (Å²) in [6, 6.07) is 8.48. The molecule has 94 valence electrons. The van der Waals surface area contributed by atoms with Crippen molar-refractivity contribution in [3.8, 4) is 0 Å². The lowest BCUT2D eigenvalue weighted by Gasteiger charge is -2.16. The van der Waals surface area contributed by atoms with Gasteiger partial charge in [-0.2, -0.15) is 5.48 Å². The van der Waals surface area contributed by atoms with Crippen LogP contribution in [0, 0.1) is 0 Å². The predicted molar refractivity (Wildman–Crippen MR) is 71.4 cm³/mol. The van der Waals surface area contributed by atoms with E-state index in [-0.39, 0.29) is 6.61 Å². The van der Waals surface area contributed by atoms with Crippen LogP contribution in [0.5, 0.6) is 0 Å². The first-order chi connectivity index (χ1) is 7.89. The van der Waals surface area contributed by atoms with Crippen molar-refractivity contribution in [2.45, 2.75) is 26.2 Å². The van der Waals surface area contributed by atoms with Crippen LogP contribution in [-0.2, 0) is 16.2 Å². The maximum atomic E-state index is 10.4. The Morgan fingerprint density at radius 3 is 2.35 bits per heavy atom. The zero-order valence-corrected chi connectivity index (χ0v) is 11.6. The Balaban J connectivity index is 2.43. The first-order valence-corrected chi connectivity index (χ1v) is 9.12. The summed E-state index contributed by atoms with van der Waals surface area (Å²) in [4.78, 5) is 15.3. The van der Waals surface area contributed by atoms with Gasteiger partial charge in [0, 0.05) is 6.54 Å². The number of primary amides is 1. The Bertz CT molecular complexity index is 371. The average Bonchev–Trinajstić information content (AvgIpc) is 2.23. The fraction of sp³-hybridized carbons (Fsp3) is 0.417. The number of hydrogen-bond donors (Lipinski definition) is 2. The Kier molecular flexibility index (Phi) is 4.86. The third kappa shape index (κ3) is 5.12. The maximum absolute atomic E-state index is 10.4. The van der Waals surface area contributed by atoms with Crippen molar-refractivity contribution < 1.29 is 9.63 Å². The van der Waals surface area contributed by atoms with E-state index in [1.807, 2.05) is 0 Å². The lowest BCUT2D eigenvalue weighted by Crippen LogP contribution is -2.37. The number of nitrogens with one attached hydrogen (secondary N) is 1. The van der Waals surface area contributed by atoms with Crippen molar-refractivity contribution in [3.63, 3.8) is 0 Å². The van der Waals surface area contributed by atoms with Crippen LogP contribution in [-0.4, -0.2) is 20.6 Å². The van der Waals surface area contributed by atoms with Gasteiger partial charge in [0.05, 0.1) is 8.07 Å². The van der Waals surface area contributed by atoms with Crippen molar-refractivity contribution in [3.05, 3.63) is 29.8 Å². The molecule has 0 aliphatic carbocycles. The SMILES string of the molecule is C[Si](C)(C)c1ccc(CNOCC(N)=O)cc1. The number of carbonyl (C=O) groups excluding carboxylic acids is 1. The monoisotopic (exact) mass is 252 g/mol. The van der Waals surface area contributed by atoms with E-state index in [9.17, 15) is 4.79 Å². The van der Waals surface area contributed by atoms with Crippen LogP contribution in [0.2, 0.25) is 19.6 Å². The number of hydrogen-bond acceptors (Lipinski definition) is 3. The van der Waals surface area contributed by atoms with E-state index < -0.39 is 14.0 Å². The maximum Gasteiger partial charge on any atom is 0.245 e. The first-order valence-electron chi connectivity index (χ1n) is 5.62. The third-order valence-corrected chi connectivity index (χ3v) is 4.48. The molecule has 3 N–H and O–H groups in total. The standard InChI is InChI=1S/C12H20N2O2Si/c1-17(2,3)11-6-4-10(5-7-11)8-14-16-9-12(13)15/h4-7,14H,8-9H2,1-3H3,(H2,13,15). The normalized spacial score (nSPS) is 11.5. The molecule has 0 spiro atoms. The second-order valence-electron chi connectivity index (χ2n) is 5.02. The molecular formula is C12H20N2O2Si. The molecule has 0 bridgehead atoms. The first kappa shape index (κ1) is 13.9. The summed E-state index contributed by atoms with van der Waals surface area (Å²) in [5.41, 5.74) is 8.76. The molecule has 17 heavy (non-hydrogen) atoms. The largest absolute Gasteiger partial charge is 0.368 e. The molecule has 0 radical (unpaired) electrons. The van der Waals surface area contributed by atoms with Gasteiger partial charge in [0.1, 0.15) is 6.61 Å². The van der Waals surface area contributed by atoms with Gasteiger partial charge >= 0.3 is 0 Å². The van der Waals surface area contributed by atoms with Crippen LogP contribution in [0.1, 0.15) is 5.56 Å². The molecule has 1 amide bonds. The Labute approximate surface area is 103 Å². The summed E-state index contributed by atoms with van der Waals surface area (Å²) in [7, 11) is -1.22. The number of amides is 1. The summed E-state index contributed by atoms with van der Waals surface area (Å²) < 4.78 is 0. The second kappa shape index (κ2) is 5.95. The topological polar surface area (TPSA) is 64.3 Å². The van der Waals surface area contributed by atoms with E-state index in [1.54, 1.807) is 0 Å². The van der Waals surface area contributed by atoms with E-state index in [1.165, 1.54) is 5.19 Å². The van der Waals surface area contributed by atoms with E-state index >= 15 is 0 Å². The molecular weight excluding hydrogens is 232 g/mol. The summed E-state index contributed by atoms with van der Waals surface area (Å²) in [5, 5.41) is 1.43. The zero-order valence-electron chi connectivity index (χ0n) is 10.6. The molecule has 0 heterocycles. The van der Waals surface area contributed by atoms with Crippen molar-refractivity contribution >= 4 is 19.2 Å². The van der Waals surface area contributed by atoms with E-state index in [0.717, 1.165) is 5.56 Å². The number of rotatable bonds is 6. The van der Waals surface area contributed by atoms with Crippen molar-refractivity contribution in [1.29, 1.82) is 0 Å². The van der Waals surface area contributed by atoms with Crippen LogP contribution >= 0.6 is 0 Å². The fourth-order valence-corrected chi connectivity index (χ4v) is 2.55. The molecule has 4 nitrogen and oxygen atoms in total.